The summed E-state index contributed by atoms with van der Waals surface area (Å²) < 4.78 is 0.764. The van der Waals surface area contributed by atoms with Crippen molar-refractivity contribution < 1.29 is 4.79 Å². The number of benzene rings is 1. The summed E-state index contributed by atoms with van der Waals surface area (Å²) in [6.07, 6.45) is 1.99. The van der Waals surface area contributed by atoms with E-state index in [0.29, 0.717) is 16.6 Å². The fourth-order valence-corrected chi connectivity index (χ4v) is 2.78. The van der Waals surface area contributed by atoms with Gasteiger partial charge >= 0.3 is 0 Å². The maximum absolute atomic E-state index is 12.4. The topological polar surface area (TPSA) is 32.3 Å². The van der Waals surface area contributed by atoms with E-state index in [4.69, 9.17) is 11.6 Å². The molecule has 0 aromatic heterocycles. The SMILES string of the molecule is CNC1CCN(C(=O)c2cccc(Br)c2Cl)CC1. The molecule has 0 unspecified atom stereocenters. The van der Waals surface area contributed by atoms with E-state index >= 15 is 0 Å². The van der Waals surface area contributed by atoms with Crippen molar-refractivity contribution in [3.05, 3.63) is 33.3 Å². The number of carbonyl (C=O) groups excluding carboxylic acids is 1. The molecule has 2 rings (SSSR count). The molecule has 0 atom stereocenters. The molecule has 3 nitrogen and oxygen atoms in total. The van der Waals surface area contributed by atoms with E-state index in [1.54, 1.807) is 6.07 Å². The Bertz CT molecular complexity index is 445. The minimum atomic E-state index is 0.0239. The molecule has 0 bridgehead atoms. The molecule has 1 saturated heterocycles. The third-order valence-corrected chi connectivity index (χ3v) is 4.67. The number of nitrogens with zero attached hydrogens (tertiary/aromatic N) is 1. The molecular weight excluding hydrogens is 316 g/mol. The van der Waals surface area contributed by atoms with Gasteiger partial charge in [-0.05, 0) is 48.0 Å². The lowest BCUT2D eigenvalue weighted by Gasteiger charge is -2.32. The van der Waals surface area contributed by atoms with E-state index in [-0.39, 0.29) is 5.91 Å². The first-order chi connectivity index (χ1) is 8.63. The van der Waals surface area contributed by atoms with Crippen LogP contribution in [0.15, 0.2) is 22.7 Å². The van der Waals surface area contributed by atoms with E-state index in [9.17, 15) is 4.79 Å². The predicted octanol–water partition coefficient (Wildman–Crippen LogP) is 2.93. The second-order valence-corrected chi connectivity index (χ2v) is 5.69. The van der Waals surface area contributed by atoms with Crippen LogP contribution in [0.4, 0.5) is 0 Å². The molecule has 0 aliphatic carbocycles. The predicted molar refractivity (Wildman–Crippen MR) is 77.1 cm³/mol. The summed E-state index contributed by atoms with van der Waals surface area (Å²) in [5.41, 5.74) is 0.578. The van der Waals surface area contributed by atoms with Gasteiger partial charge in [0.1, 0.15) is 0 Å². The van der Waals surface area contributed by atoms with Gasteiger partial charge in [0.2, 0.25) is 0 Å². The first-order valence-electron chi connectivity index (χ1n) is 6.04. The van der Waals surface area contributed by atoms with E-state index < -0.39 is 0 Å². The lowest BCUT2D eigenvalue weighted by molar-refractivity contribution is 0.0707. The quantitative estimate of drug-likeness (QED) is 0.904. The fourth-order valence-electron chi connectivity index (χ4n) is 2.21. The smallest absolute Gasteiger partial charge is 0.255 e. The van der Waals surface area contributed by atoms with Crippen LogP contribution in [0.25, 0.3) is 0 Å². The fraction of sp³-hybridized carbons (Fsp3) is 0.462. The Morgan fingerprint density at radius 1 is 1.44 bits per heavy atom. The summed E-state index contributed by atoms with van der Waals surface area (Å²) in [4.78, 5) is 14.2. The minimum Gasteiger partial charge on any atom is -0.338 e. The average molecular weight is 332 g/mol. The summed E-state index contributed by atoms with van der Waals surface area (Å²) in [7, 11) is 1.97. The Hall–Kier alpha value is -0.580. The average Bonchev–Trinajstić information content (AvgIpc) is 2.41. The second kappa shape index (κ2) is 6.04. The van der Waals surface area contributed by atoms with Crippen molar-refractivity contribution in [1.82, 2.24) is 10.2 Å². The van der Waals surface area contributed by atoms with E-state index in [1.807, 2.05) is 24.1 Å². The zero-order valence-electron chi connectivity index (χ0n) is 10.2. The maximum atomic E-state index is 12.4. The van der Waals surface area contributed by atoms with Gasteiger partial charge < -0.3 is 10.2 Å². The van der Waals surface area contributed by atoms with E-state index in [0.717, 1.165) is 30.4 Å². The number of carbonyl (C=O) groups is 1. The summed E-state index contributed by atoms with van der Waals surface area (Å²) >= 11 is 9.50. The van der Waals surface area contributed by atoms with E-state index in [2.05, 4.69) is 21.2 Å². The first-order valence-corrected chi connectivity index (χ1v) is 7.21. The molecule has 1 aromatic rings. The number of hydrogen-bond acceptors (Lipinski definition) is 2. The Labute approximate surface area is 121 Å². The van der Waals surface area contributed by atoms with Crippen LogP contribution in [0.1, 0.15) is 23.2 Å². The van der Waals surface area contributed by atoms with Crippen LogP contribution < -0.4 is 5.32 Å². The molecule has 5 heteroatoms. The molecule has 1 heterocycles. The molecule has 0 spiro atoms. The lowest BCUT2D eigenvalue weighted by Crippen LogP contribution is -2.44. The van der Waals surface area contributed by atoms with Crippen molar-refractivity contribution in [2.45, 2.75) is 18.9 Å². The van der Waals surface area contributed by atoms with Crippen LogP contribution in [-0.2, 0) is 0 Å². The molecule has 1 aliphatic rings. The van der Waals surface area contributed by atoms with Crippen LogP contribution in [0.3, 0.4) is 0 Å². The van der Waals surface area contributed by atoms with Crippen molar-refractivity contribution in [3.8, 4) is 0 Å². The number of likely N-dealkylation sites (tertiary alicyclic amines) is 1. The molecule has 1 aromatic carbocycles. The molecule has 18 heavy (non-hydrogen) atoms. The van der Waals surface area contributed by atoms with Crippen molar-refractivity contribution in [2.24, 2.45) is 0 Å². The van der Waals surface area contributed by atoms with Gasteiger partial charge in [0, 0.05) is 23.6 Å². The molecule has 0 saturated carbocycles. The largest absolute Gasteiger partial charge is 0.338 e. The van der Waals surface area contributed by atoms with Crippen molar-refractivity contribution >= 4 is 33.4 Å². The van der Waals surface area contributed by atoms with Gasteiger partial charge in [-0.15, -0.1) is 0 Å². The molecule has 0 radical (unpaired) electrons. The summed E-state index contributed by atoms with van der Waals surface area (Å²) in [5, 5.41) is 3.75. The highest BCUT2D eigenvalue weighted by atomic mass is 79.9. The Morgan fingerprint density at radius 2 is 2.11 bits per heavy atom. The molecular formula is C13H16BrClN2O. The second-order valence-electron chi connectivity index (χ2n) is 4.46. The van der Waals surface area contributed by atoms with Crippen LogP contribution >= 0.6 is 27.5 Å². The zero-order chi connectivity index (χ0) is 13.1. The molecule has 1 aliphatic heterocycles. The third-order valence-electron chi connectivity index (χ3n) is 3.37. The first kappa shape index (κ1) is 13.8. The van der Waals surface area contributed by atoms with Gasteiger partial charge in [-0.2, -0.15) is 0 Å². The Balaban J connectivity index is 2.10. The molecule has 1 amide bonds. The van der Waals surface area contributed by atoms with Crippen LogP contribution in [-0.4, -0.2) is 37.0 Å². The van der Waals surface area contributed by atoms with Gasteiger partial charge in [0.25, 0.3) is 5.91 Å². The highest BCUT2D eigenvalue weighted by molar-refractivity contribution is 9.10. The minimum absolute atomic E-state index is 0.0239. The Morgan fingerprint density at radius 3 is 2.72 bits per heavy atom. The monoisotopic (exact) mass is 330 g/mol. The number of hydrogen-bond donors (Lipinski definition) is 1. The van der Waals surface area contributed by atoms with Crippen LogP contribution in [0.2, 0.25) is 5.02 Å². The normalized spacial score (nSPS) is 16.9. The van der Waals surface area contributed by atoms with Gasteiger partial charge in [-0.25, -0.2) is 0 Å². The van der Waals surface area contributed by atoms with Crippen LogP contribution in [0.5, 0.6) is 0 Å². The highest BCUT2D eigenvalue weighted by Gasteiger charge is 2.24. The van der Waals surface area contributed by atoms with Crippen molar-refractivity contribution in [3.63, 3.8) is 0 Å². The standard InChI is InChI=1S/C13H16BrClN2O/c1-16-9-5-7-17(8-6-9)13(18)10-3-2-4-11(14)12(10)15/h2-4,9,16H,5-8H2,1H3. The van der Waals surface area contributed by atoms with Gasteiger partial charge in [0.05, 0.1) is 10.6 Å². The third kappa shape index (κ3) is 2.87. The van der Waals surface area contributed by atoms with Gasteiger partial charge in [-0.3, -0.25) is 4.79 Å². The number of rotatable bonds is 2. The summed E-state index contributed by atoms with van der Waals surface area (Å²) in [6, 6.07) is 5.97. The zero-order valence-corrected chi connectivity index (χ0v) is 12.6. The summed E-state index contributed by atoms with van der Waals surface area (Å²) in [5.74, 6) is 0.0239. The van der Waals surface area contributed by atoms with Gasteiger partial charge in [0.15, 0.2) is 0 Å². The maximum Gasteiger partial charge on any atom is 0.255 e. The molecule has 98 valence electrons. The van der Waals surface area contributed by atoms with Gasteiger partial charge in [-0.1, -0.05) is 17.7 Å². The van der Waals surface area contributed by atoms with Crippen molar-refractivity contribution in [1.29, 1.82) is 0 Å². The lowest BCUT2D eigenvalue weighted by atomic mass is 10.0. The Kier molecular flexibility index (Phi) is 4.65. The molecule has 1 N–H and O–H groups in total. The molecule has 1 fully saturated rings. The van der Waals surface area contributed by atoms with Crippen molar-refractivity contribution in [2.75, 3.05) is 20.1 Å². The number of nitrogens with one attached hydrogen (secondary N) is 1. The number of amides is 1. The number of halogens is 2. The highest BCUT2D eigenvalue weighted by Crippen LogP contribution is 2.27. The summed E-state index contributed by atoms with van der Waals surface area (Å²) in [6.45, 7) is 1.57. The van der Waals surface area contributed by atoms with Crippen LogP contribution in [0, 0.1) is 0 Å². The van der Waals surface area contributed by atoms with E-state index in [1.165, 1.54) is 0 Å². The number of piperidine rings is 1.